The molecule has 0 heterocycles. The summed E-state index contributed by atoms with van der Waals surface area (Å²) >= 11 is 0. The number of hydrogen-bond acceptors (Lipinski definition) is 3. The Morgan fingerprint density at radius 3 is 1.86 bits per heavy atom. The number of carbonyl (C=O) groups excluding carboxylic acids is 1. The first kappa shape index (κ1) is 21.6. The minimum absolute atomic E-state index is 0.104. The Kier molecular flexibility index (Phi) is 11.0. The van der Waals surface area contributed by atoms with Crippen molar-refractivity contribution in [2.24, 2.45) is 0 Å². The Balaban J connectivity index is 4.38. The molecule has 0 aromatic heterocycles. The molecule has 2 N–H and O–H groups in total. The van der Waals surface area contributed by atoms with Crippen molar-refractivity contribution in [2.75, 3.05) is 6.61 Å². The largest absolute Gasteiger partial charge is 0.465 e. The van der Waals surface area contributed by atoms with Crippen LogP contribution in [-0.4, -0.2) is 27.5 Å². The van der Waals surface area contributed by atoms with Crippen molar-refractivity contribution in [3.8, 4) is 0 Å². The summed E-state index contributed by atoms with van der Waals surface area (Å²) in [5.41, 5.74) is 0. The fourth-order valence-electron chi connectivity index (χ4n) is 2.71. The highest BCUT2D eigenvalue weighted by Gasteiger charge is 2.52. The van der Waals surface area contributed by atoms with Crippen molar-refractivity contribution in [1.29, 1.82) is 0 Å². The van der Waals surface area contributed by atoms with Crippen molar-refractivity contribution < 1.29 is 23.9 Å². The molecule has 0 rings (SSSR count). The maximum absolute atomic E-state index is 12.1. The molecule has 0 aromatic rings. The SMILES string of the molecule is CCCCCCCCCCC(CC)(C(=O)OCC)P(=O)(O)O. The molecule has 0 saturated heterocycles. The fourth-order valence-corrected chi connectivity index (χ4v) is 3.87. The molecule has 0 amide bonds. The number of carbonyl (C=O) groups is 1. The third kappa shape index (κ3) is 6.80. The minimum atomic E-state index is -4.54. The van der Waals surface area contributed by atoms with E-state index in [1.807, 2.05) is 0 Å². The molecule has 0 spiro atoms. The van der Waals surface area contributed by atoms with Gasteiger partial charge in [0.25, 0.3) is 0 Å². The molecule has 0 aromatic carbocycles. The van der Waals surface area contributed by atoms with E-state index in [0.717, 1.165) is 19.3 Å². The summed E-state index contributed by atoms with van der Waals surface area (Å²) in [6.07, 6.45) is 8.99. The first-order chi connectivity index (χ1) is 10.4. The Hall–Kier alpha value is -0.380. The molecule has 0 fully saturated rings. The number of unbranched alkanes of at least 4 members (excludes halogenated alkanes) is 7. The quantitative estimate of drug-likeness (QED) is 0.296. The van der Waals surface area contributed by atoms with Gasteiger partial charge in [-0.1, -0.05) is 65.2 Å². The maximum Gasteiger partial charge on any atom is 0.342 e. The van der Waals surface area contributed by atoms with Crippen molar-refractivity contribution >= 4 is 13.6 Å². The second kappa shape index (κ2) is 11.2. The van der Waals surface area contributed by atoms with E-state index in [4.69, 9.17) is 4.74 Å². The summed E-state index contributed by atoms with van der Waals surface area (Å²) in [5.74, 6) is -0.756. The van der Waals surface area contributed by atoms with Crippen LogP contribution in [0.1, 0.15) is 85.0 Å². The van der Waals surface area contributed by atoms with Crippen LogP contribution in [0.25, 0.3) is 0 Å². The zero-order valence-electron chi connectivity index (χ0n) is 14.3. The smallest absolute Gasteiger partial charge is 0.342 e. The van der Waals surface area contributed by atoms with Crippen molar-refractivity contribution in [3.05, 3.63) is 0 Å². The number of hydrogen-bond donors (Lipinski definition) is 2. The Labute approximate surface area is 135 Å². The zero-order valence-corrected chi connectivity index (χ0v) is 15.2. The van der Waals surface area contributed by atoms with Crippen molar-refractivity contribution in [3.63, 3.8) is 0 Å². The second-order valence-corrected chi connectivity index (χ2v) is 7.82. The highest BCUT2D eigenvalue weighted by Crippen LogP contribution is 2.55. The lowest BCUT2D eigenvalue weighted by molar-refractivity contribution is -0.147. The summed E-state index contributed by atoms with van der Waals surface area (Å²) in [4.78, 5) is 31.3. The summed E-state index contributed by atoms with van der Waals surface area (Å²) < 4.78 is 16.7. The van der Waals surface area contributed by atoms with E-state index in [2.05, 4.69) is 6.92 Å². The average Bonchev–Trinajstić information content (AvgIpc) is 2.45. The van der Waals surface area contributed by atoms with Crippen LogP contribution in [-0.2, 0) is 14.1 Å². The van der Waals surface area contributed by atoms with Crippen LogP contribution >= 0.6 is 7.60 Å². The topological polar surface area (TPSA) is 83.8 Å². The van der Waals surface area contributed by atoms with Gasteiger partial charge in [0.1, 0.15) is 0 Å². The first-order valence-corrected chi connectivity index (χ1v) is 10.2. The van der Waals surface area contributed by atoms with Gasteiger partial charge in [0, 0.05) is 0 Å². The molecular formula is C16H33O5P. The predicted molar refractivity (Wildman–Crippen MR) is 88.9 cm³/mol. The lowest BCUT2D eigenvalue weighted by Gasteiger charge is -2.30. The molecule has 132 valence electrons. The van der Waals surface area contributed by atoms with E-state index in [-0.39, 0.29) is 19.4 Å². The molecule has 0 bridgehead atoms. The summed E-state index contributed by atoms with van der Waals surface area (Å²) in [5, 5.41) is -1.66. The van der Waals surface area contributed by atoms with Gasteiger partial charge in [-0.3, -0.25) is 9.36 Å². The molecule has 0 radical (unpaired) electrons. The van der Waals surface area contributed by atoms with Crippen LogP contribution in [0.5, 0.6) is 0 Å². The van der Waals surface area contributed by atoms with Gasteiger partial charge in [-0.15, -0.1) is 0 Å². The van der Waals surface area contributed by atoms with Crippen LogP contribution in [0.4, 0.5) is 0 Å². The van der Waals surface area contributed by atoms with Crippen LogP contribution in [0, 0.1) is 0 Å². The van der Waals surface area contributed by atoms with E-state index >= 15 is 0 Å². The standard InChI is InChI=1S/C16H33O5P/c1-4-7-8-9-10-11-12-13-14-16(5-2,22(18,19)20)15(17)21-6-3/h4-14H2,1-3H3,(H2,18,19,20). The molecule has 0 aliphatic rings. The molecule has 0 aliphatic heterocycles. The molecule has 1 unspecified atom stereocenters. The minimum Gasteiger partial charge on any atom is -0.465 e. The number of rotatable bonds is 13. The molecule has 6 heteroatoms. The number of esters is 1. The van der Waals surface area contributed by atoms with Gasteiger partial charge < -0.3 is 14.5 Å². The van der Waals surface area contributed by atoms with Gasteiger partial charge in [0.05, 0.1) is 6.61 Å². The van der Waals surface area contributed by atoms with Crippen LogP contribution in [0.2, 0.25) is 0 Å². The van der Waals surface area contributed by atoms with Crippen molar-refractivity contribution in [1.82, 2.24) is 0 Å². The van der Waals surface area contributed by atoms with Gasteiger partial charge in [-0.05, 0) is 19.8 Å². The maximum atomic E-state index is 12.1. The summed E-state index contributed by atoms with van der Waals surface area (Å²) in [7, 11) is -4.54. The fraction of sp³-hybridized carbons (Fsp3) is 0.938. The Bertz CT molecular complexity index is 352. The van der Waals surface area contributed by atoms with E-state index in [0.29, 0.717) is 6.42 Å². The van der Waals surface area contributed by atoms with Crippen molar-refractivity contribution in [2.45, 2.75) is 90.1 Å². The zero-order chi connectivity index (χ0) is 17.1. The molecule has 5 nitrogen and oxygen atoms in total. The lowest BCUT2D eigenvalue weighted by Crippen LogP contribution is -2.39. The highest BCUT2D eigenvalue weighted by atomic mass is 31.2. The molecule has 22 heavy (non-hydrogen) atoms. The molecule has 0 aliphatic carbocycles. The third-order valence-corrected chi connectivity index (χ3v) is 6.08. The third-order valence-electron chi connectivity index (χ3n) is 4.24. The van der Waals surface area contributed by atoms with E-state index in [1.54, 1.807) is 13.8 Å². The monoisotopic (exact) mass is 336 g/mol. The van der Waals surface area contributed by atoms with Gasteiger partial charge in [0.2, 0.25) is 0 Å². The molecule has 1 atom stereocenters. The van der Waals surface area contributed by atoms with Crippen LogP contribution in [0.3, 0.4) is 0 Å². The summed E-state index contributed by atoms with van der Waals surface area (Å²) in [6, 6.07) is 0. The molecular weight excluding hydrogens is 303 g/mol. The molecule has 0 saturated carbocycles. The Morgan fingerprint density at radius 2 is 1.45 bits per heavy atom. The first-order valence-electron chi connectivity index (χ1n) is 8.58. The summed E-state index contributed by atoms with van der Waals surface area (Å²) in [6.45, 7) is 5.61. The normalized spacial score (nSPS) is 14.6. The van der Waals surface area contributed by atoms with Gasteiger partial charge in [0.15, 0.2) is 5.16 Å². The van der Waals surface area contributed by atoms with Crippen LogP contribution in [0.15, 0.2) is 0 Å². The highest BCUT2D eigenvalue weighted by molar-refractivity contribution is 7.54. The second-order valence-electron chi connectivity index (χ2n) is 5.87. The Morgan fingerprint density at radius 1 is 0.955 bits per heavy atom. The van der Waals surface area contributed by atoms with Gasteiger partial charge in [-0.2, -0.15) is 0 Å². The van der Waals surface area contributed by atoms with Gasteiger partial charge in [-0.25, -0.2) is 0 Å². The van der Waals surface area contributed by atoms with E-state index < -0.39 is 18.7 Å². The average molecular weight is 336 g/mol. The van der Waals surface area contributed by atoms with E-state index in [9.17, 15) is 19.1 Å². The lowest BCUT2D eigenvalue weighted by atomic mass is 9.96. The number of ether oxygens (including phenoxy) is 1. The van der Waals surface area contributed by atoms with E-state index in [1.165, 1.54) is 25.7 Å². The van der Waals surface area contributed by atoms with Gasteiger partial charge >= 0.3 is 13.6 Å². The predicted octanol–water partition coefficient (Wildman–Crippen LogP) is 4.41. The van der Waals surface area contributed by atoms with Crippen LogP contribution < -0.4 is 0 Å².